The van der Waals surface area contributed by atoms with Gasteiger partial charge in [-0.25, -0.2) is 0 Å². The molecular weight excluding hydrogens is 402 g/mol. The quantitative estimate of drug-likeness (QED) is 0.533. The average Bonchev–Trinajstić information content (AvgIpc) is 2.92. The maximum atomic E-state index is 12.7. The number of thioether (sulfide) groups is 1. The van der Waals surface area contributed by atoms with Crippen LogP contribution in [0.1, 0.15) is 18.1 Å². The molecule has 1 aliphatic heterocycles. The van der Waals surface area contributed by atoms with Gasteiger partial charge in [0.2, 0.25) is 0 Å². The van der Waals surface area contributed by atoms with Gasteiger partial charge >= 0.3 is 0 Å². The summed E-state index contributed by atoms with van der Waals surface area (Å²) < 4.78 is 5.93. The Morgan fingerprint density at radius 1 is 1.30 bits per heavy atom. The number of hydrogen-bond donors (Lipinski definition) is 1. The van der Waals surface area contributed by atoms with Gasteiger partial charge in [0.05, 0.1) is 16.5 Å². The lowest BCUT2D eigenvalue weighted by atomic mass is 10.1. The van der Waals surface area contributed by atoms with Crippen LogP contribution in [-0.4, -0.2) is 33.4 Å². The first-order valence-corrected chi connectivity index (χ1v) is 10.0. The lowest BCUT2D eigenvalue weighted by Gasteiger charge is -2.14. The third kappa shape index (κ3) is 4.64. The van der Waals surface area contributed by atoms with Gasteiger partial charge in [-0.2, -0.15) is 0 Å². The molecule has 0 radical (unpaired) electrons. The molecule has 0 spiro atoms. The maximum Gasteiger partial charge on any atom is 0.266 e. The molecule has 1 aliphatic rings. The van der Waals surface area contributed by atoms with Crippen LogP contribution in [0.4, 0.5) is 0 Å². The van der Waals surface area contributed by atoms with Gasteiger partial charge < -0.3 is 9.84 Å². The summed E-state index contributed by atoms with van der Waals surface area (Å²) in [5.74, 6) is 0.0602. The zero-order valence-electron chi connectivity index (χ0n) is 14.6. The number of thiocarbonyl (C=S) groups is 1. The Balaban J connectivity index is 1.78. The highest BCUT2D eigenvalue weighted by Crippen LogP contribution is 2.38. The van der Waals surface area contributed by atoms with Gasteiger partial charge in [0.15, 0.2) is 11.5 Å². The second-order valence-corrected chi connectivity index (χ2v) is 7.93. The van der Waals surface area contributed by atoms with Crippen LogP contribution in [0.2, 0.25) is 5.02 Å². The Morgan fingerprint density at radius 3 is 2.74 bits per heavy atom. The third-order valence-corrected chi connectivity index (χ3v) is 5.65. The van der Waals surface area contributed by atoms with Crippen LogP contribution in [0.3, 0.4) is 0 Å². The number of hydrogen-bond acceptors (Lipinski definition) is 5. The minimum atomic E-state index is -0.122. The van der Waals surface area contributed by atoms with Crippen molar-refractivity contribution in [3.05, 3.63) is 63.5 Å². The summed E-state index contributed by atoms with van der Waals surface area (Å²) in [4.78, 5) is 14.9. The van der Waals surface area contributed by atoms with E-state index in [1.54, 1.807) is 23.1 Å². The minimum Gasteiger partial charge on any atom is -0.503 e. The van der Waals surface area contributed by atoms with E-state index in [0.717, 1.165) is 12.0 Å². The van der Waals surface area contributed by atoms with Gasteiger partial charge in [-0.1, -0.05) is 65.9 Å². The topological polar surface area (TPSA) is 49.8 Å². The van der Waals surface area contributed by atoms with E-state index in [1.807, 2.05) is 37.3 Å². The molecular formula is C20H18ClNO3S2. The Hall–Kier alpha value is -2.02. The number of ether oxygens (including phenoxy) is 1. The molecule has 3 rings (SSSR count). The van der Waals surface area contributed by atoms with Gasteiger partial charge in [0, 0.05) is 6.54 Å². The minimum absolute atomic E-state index is 0.105. The zero-order valence-corrected chi connectivity index (χ0v) is 17.0. The molecule has 1 fully saturated rings. The third-order valence-electron chi connectivity index (χ3n) is 3.99. The number of amides is 1. The number of aromatic hydroxyl groups is 1. The van der Waals surface area contributed by atoms with Crippen molar-refractivity contribution in [3.8, 4) is 11.5 Å². The molecule has 0 atom stereocenters. The number of benzene rings is 2. The molecule has 27 heavy (non-hydrogen) atoms. The molecule has 1 N–H and O–H groups in total. The first-order chi connectivity index (χ1) is 13.0. The van der Waals surface area contributed by atoms with Crippen molar-refractivity contribution >= 4 is 51.9 Å². The van der Waals surface area contributed by atoms with E-state index in [1.165, 1.54) is 11.8 Å². The van der Waals surface area contributed by atoms with E-state index < -0.39 is 0 Å². The fraction of sp³-hybridized carbons (Fsp3) is 0.200. The molecule has 1 saturated heterocycles. The Labute approximate surface area is 172 Å². The molecule has 0 saturated carbocycles. The molecule has 0 aromatic heterocycles. The number of carbonyl (C=O) groups is 1. The van der Waals surface area contributed by atoms with E-state index in [-0.39, 0.29) is 22.4 Å². The molecule has 140 valence electrons. The summed E-state index contributed by atoms with van der Waals surface area (Å²) >= 11 is 12.7. The highest BCUT2D eigenvalue weighted by molar-refractivity contribution is 8.26. The van der Waals surface area contributed by atoms with Crippen molar-refractivity contribution in [3.63, 3.8) is 0 Å². The first-order valence-electron chi connectivity index (χ1n) is 8.44. The maximum absolute atomic E-state index is 12.7. The molecule has 1 heterocycles. The molecule has 0 unspecified atom stereocenters. The van der Waals surface area contributed by atoms with Crippen molar-refractivity contribution in [1.82, 2.24) is 4.90 Å². The van der Waals surface area contributed by atoms with Crippen LogP contribution in [0.15, 0.2) is 47.4 Å². The largest absolute Gasteiger partial charge is 0.503 e. The highest BCUT2D eigenvalue weighted by Gasteiger charge is 2.31. The molecule has 2 aromatic carbocycles. The molecule has 1 amide bonds. The summed E-state index contributed by atoms with van der Waals surface area (Å²) in [7, 11) is 0. The Bertz CT molecular complexity index is 900. The SMILES string of the molecule is CCOc1cc(/C=C2\SC(=S)N(CCc3ccccc3)C2=O)cc(Cl)c1O. The van der Waals surface area contributed by atoms with E-state index in [9.17, 15) is 9.90 Å². The van der Waals surface area contributed by atoms with Crippen LogP contribution in [-0.2, 0) is 11.2 Å². The fourth-order valence-electron chi connectivity index (χ4n) is 2.67. The summed E-state index contributed by atoms with van der Waals surface area (Å²) in [6.07, 6.45) is 2.45. The number of halogens is 1. The van der Waals surface area contributed by atoms with E-state index in [2.05, 4.69) is 0 Å². The van der Waals surface area contributed by atoms with Crippen LogP contribution in [0.25, 0.3) is 6.08 Å². The standard InChI is InChI=1S/C20H18ClNO3S2/c1-2-25-16-11-14(10-15(21)18(16)23)12-17-19(24)22(20(26)27-17)9-8-13-6-4-3-5-7-13/h3-7,10-12,23H,2,8-9H2,1H3/b17-12-. The molecule has 4 nitrogen and oxygen atoms in total. The number of rotatable bonds is 6. The van der Waals surface area contributed by atoms with Crippen LogP contribution in [0.5, 0.6) is 11.5 Å². The lowest BCUT2D eigenvalue weighted by molar-refractivity contribution is -0.122. The smallest absolute Gasteiger partial charge is 0.266 e. The summed E-state index contributed by atoms with van der Waals surface area (Å²) in [6, 6.07) is 13.2. The van der Waals surface area contributed by atoms with E-state index in [4.69, 9.17) is 28.6 Å². The molecule has 2 aromatic rings. The van der Waals surface area contributed by atoms with Crippen molar-refractivity contribution in [2.24, 2.45) is 0 Å². The number of carbonyl (C=O) groups excluding carboxylic acids is 1. The van der Waals surface area contributed by atoms with Gasteiger partial charge in [-0.05, 0) is 42.7 Å². The van der Waals surface area contributed by atoms with Crippen LogP contribution in [0, 0.1) is 0 Å². The van der Waals surface area contributed by atoms with Crippen LogP contribution < -0.4 is 4.74 Å². The molecule has 0 bridgehead atoms. The van der Waals surface area contributed by atoms with Gasteiger partial charge in [0.1, 0.15) is 4.32 Å². The normalized spacial score (nSPS) is 15.6. The molecule has 0 aliphatic carbocycles. The van der Waals surface area contributed by atoms with Crippen molar-refractivity contribution in [2.75, 3.05) is 13.2 Å². The van der Waals surface area contributed by atoms with Crippen molar-refractivity contribution in [1.29, 1.82) is 0 Å². The number of nitrogens with zero attached hydrogens (tertiary/aromatic N) is 1. The summed E-state index contributed by atoms with van der Waals surface area (Å²) in [6.45, 7) is 2.75. The van der Waals surface area contributed by atoms with Crippen molar-refractivity contribution in [2.45, 2.75) is 13.3 Å². The summed E-state index contributed by atoms with van der Waals surface area (Å²) in [5.41, 5.74) is 1.83. The summed E-state index contributed by atoms with van der Waals surface area (Å²) in [5, 5.41) is 10.1. The van der Waals surface area contributed by atoms with E-state index in [0.29, 0.717) is 27.9 Å². The fourth-order valence-corrected chi connectivity index (χ4v) is 4.20. The Kier molecular flexibility index (Phi) is 6.42. The van der Waals surface area contributed by atoms with Crippen molar-refractivity contribution < 1.29 is 14.6 Å². The highest BCUT2D eigenvalue weighted by atomic mass is 35.5. The lowest BCUT2D eigenvalue weighted by Crippen LogP contribution is -2.30. The predicted octanol–water partition coefficient (Wildman–Crippen LogP) is 4.89. The zero-order chi connectivity index (χ0) is 19.4. The average molecular weight is 420 g/mol. The molecule has 7 heteroatoms. The monoisotopic (exact) mass is 419 g/mol. The predicted molar refractivity (Wildman–Crippen MR) is 114 cm³/mol. The Morgan fingerprint density at radius 2 is 2.04 bits per heavy atom. The van der Waals surface area contributed by atoms with Crippen LogP contribution >= 0.6 is 35.6 Å². The second kappa shape index (κ2) is 8.78. The van der Waals surface area contributed by atoms with Gasteiger partial charge in [-0.3, -0.25) is 9.69 Å². The van der Waals surface area contributed by atoms with Gasteiger partial charge in [-0.15, -0.1) is 0 Å². The first kappa shape index (κ1) is 19.7. The van der Waals surface area contributed by atoms with E-state index >= 15 is 0 Å². The number of phenols is 1. The van der Waals surface area contributed by atoms with Gasteiger partial charge in [0.25, 0.3) is 5.91 Å². The second-order valence-electron chi connectivity index (χ2n) is 5.85. The number of phenolic OH excluding ortho intramolecular Hbond substituents is 1.